The lowest BCUT2D eigenvalue weighted by atomic mass is 10.1. The van der Waals surface area contributed by atoms with E-state index in [4.69, 9.17) is 5.11 Å². The van der Waals surface area contributed by atoms with Crippen LogP contribution in [0.1, 0.15) is 26.2 Å². The van der Waals surface area contributed by atoms with E-state index in [0.29, 0.717) is 0 Å². The minimum Gasteiger partial charge on any atom is -0.465 e. The zero-order chi connectivity index (χ0) is 16.3. The van der Waals surface area contributed by atoms with Crippen molar-refractivity contribution in [3.05, 3.63) is 34.4 Å². The van der Waals surface area contributed by atoms with Crippen LogP contribution in [0.25, 0.3) is 0 Å². The number of para-hydroxylation sites is 2. The van der Waals surface area contributed by atoms with Crippen molar-refractivity contribution in [2.24, 2.45) is 0 Å². The number of carboxylic acid groups (broad SMARTS) is 1. The molecule has 0 saturated heterocycles. The largest absolute Gasteiger partial charge is 0.465 e. The summed E-state index contributed by atoms with van der Waals surface area (Å²) in [6.45, 7) is 1.68. The van der Waals surface area contributed by atoms with Crippen LogP contribution < -0.4 is 10.2 Å². The van der Waals surface area contributed by atoms with E-state index in [1.54, 1.807) is 13.0 Å². The number of benzene rings is 1. The molecule has 1 fully saturated rings. The Hall–Kier alpha value is -2.64. The van der Waals surface area contributed by atoms with Crippen LogP contribution in [0, 0.1) is 10.1 Å². The predicted octanol–water partition coefficient (Wildman–Crippen LogP) is 2.14. The number of hydrogen-bond acceptors (Lipinski definition) is 4. The first-order valence-electron chi connectivity index (χ1n) is 7.01. The van der Waals surface area contributed by atoms with E-state index >= 15 is 0 Å². The number of nitrogens with one attached hydrogen (secondary N) is 1. The zero-order valence-electron chi connectivity index (χ0n) is 12.1. The molecule has 2 amide bonds. The molecule has 1 aromatic carbocycles. The van der Waals surface area contributed by atoms with E-state index in [1.165, 1.54) is 23.1 Å². The summed E-state index contributed by atoms with van der Waals surface area (Å²) in [6.07, 6.45) is 0.482. The average Bonchev–Trinajstić information content (AvgIpc) is 3.29. The molecule has 0 bridgehead atoms. The van der Waals surface area contributed by atoms with Crippen molar-refractivity contribution in [2.75, 3.05) is 4.90 Å². The van der Waals surface area contributed by atoms with Gasteiger partial charge in [-0.3, -0.25) is 14.9 Å². The van der Waals surface area contributed by atoms with Crippen molar-refractivity contribution in [2.45, 2.75) is 38.3 Å². The molecule has 1 aliphatic carbocycles. The fourth-order valence-electron chi connectivity index (χ4n) is 2.31. The number of carbonyl (C=O) groups excluding carboxylic acids is 1. The maximum Gasteiger partial charge on any atom is 0.405 e. The summed E-state index contributed by atoms with van der Waals surface area (Å²) >= 11 is 0. The van der Waals surface area contributed by atoms with Gasteiger partial charge in [0.25, 0.3) is 5.69 Å². The van der Waals surface area contributed by atoms with E-state index in [-0.39, 0.29) is 23.8 Å². The number of nitro benzene ring substituents is 1. The van der Waals surface area contributed by atoms with Gasteiger partial charge in [-0.15, -0.1) is 0 Å². The van der Waals surface area contributed by atoms with Crippen LogP contribution in [-0.2, 0) is 4.79 Å². The van der Waals surface area contributed by atoms with Crippen LogP contribution in [-0.4, -0.2) is 34.1 Å². The molecule has 1 unspecified atom stereocenters. The van der Waals surface area contributed by atoms with E-state index in [2.05, 4.69) is 5.32 Å². The summed E-state index contributed by atoms with van der Waals surface area (Å²) in [5.41, 5.74) is 0.0542. The Morgan fingerprint density at radius 1 is 1.45 bits per heavy atom. The highest BCUT2D eigenvalue weighted by atomic mass is 16.6. The molecule has 1 aliphatic rings. The Labute approximate surface area is 126 Å². The summed E-state index contributed by atoms with van der Waals surface area (Å²) in [6, 6.07) is 4.97. The molecule has 0 aliphatic heterocycles. The number of amides is 2. The summed E-state index contributed by atoms with van der Waals surface area (Å²) in [5, 5.41) is 22.2. The second-order valence-electron chi connectivity index (χ2n) is 5.10. The van der Waals surface area contributed by atoms with Crippen LogP contribution in [0.2, 0.25) is 0 Å². The van der Waals surface area contributed by atoms with Crippen LogP contribution in [0.4, 0.5) is 16.2 Å². The Morgan fingerprint density at radius 2 is 2.09 bits per heavy atom. The van der Waals surface area contributed by atoms with E-state index < -0.39 is 23.0 Å². The van der Waals surface area contributed by atoms with Crippen LogP contribution in [0.15, 0.2) is 24.3 Å². The molecular weight excluding hydrogens is 290 g/mol. The first-order chi connectivity index (χ1) is 10.5. The van der Waals surface area contributed by atoms with E-state index in [0.717, 1.165) is 12.8 Å². The molecule has 1 aromatic rings. The molecule has 2 rings (SSSR count). The molecule has 2 N–H and O–H groups in total. The summed E-state index contributed by atoms with van der Waals surface area (Å²) in [7, 11) is 0. The monoisotopic (exact) mass is 307 g/mol. The maximum absolute atomic E-state index is 12.6. The Balaban J connectivity index is 2.36. The topological polar surface area (TPSA) is 113 Å². The number of nitrogens with zero attached hydrogens (tertiary/aromatic N) is 2. The number of rotatable bonds is 6. The molecule has 0 heterocycles. The van der Waals surface area contributed by atoms with Gasteiger partial charge in [0.15, 0.2) is 0 Å². The molecule has 8 heteroatoms. The molecule has 1 atom stereocenters. The summed E-state index contributed by atoms with van der Waals surface area (Å²) in [5.74, 6) is -0.457. The van der Waals surface area contributed by atoms with Gasteiger partial charge in [-0.25, -0.2) is 4.79 Å². The molecule has 0 aromatic heterocycles. The Kier molecular flexibility index (Phi) is 4.59. The fourth-order valence-corrected chi connectivity index (χ4v) is 2.31. The molecule has 22 heavy (non-hydrogen) atoms. The fraction of sp³-hybridized carbons (Fsp3) is 0.429. The highest BCUT2D eigenvalue weighted by molar-refractivity contribution is 6.01. The number of nitro groups is 1. The SMILES string of the molecule is CCC(NC(=O)O)C(=O)N(c1ccccc1[N+](=O)[O-])C1CC1. The van der Waals surface area contributed by atoms with Crippen molar-refractivity contribution in [3.63, 3.8) is 0 Å². The lowest BCUT2D eigenvalue weighted by Gasteiger charge is -2.26. The van der Waals surface area contributed by atoms with Gasteiger partial charge >= 0.3 is 6.09 Å². The number of carbonyl (C=O) groups is 2. The quantitative estimate of drug-likeness (QED) is 0.617. The third-order valence-electron chi connectivity index (χ3n) is 3.49. The van der Waals surface area contributed by atoms with Crippen molar-refractivity contribution in [3.8, 4) is 0 Å². The van der Waals surface area contributed by atoms with Crippen LogP contribution in [0.5, 0.6) is 0 Å². The van der Waals surface area contributed by atoms with Crippen molar-refractivity contribution < 1.29 is 19.6 Å². The lowest BCUT2D eigenvalue weighted by molar-refractivity contribution is -0.384. The minimum absolute atomic E-state index is 0.113. The highest BCUT2D eigenvalue weighted by Crippen LogP contribution is 2.37. The molecule has 8 nitrogen and oxygen atoms in total. The van der Waals surface area contributed by atoms with Crippen LogP contribution in [0.3, 0.4) is 0 Å². The van der Waals surface area contributed by atoms with E-state index in [1.807, 2.05) is 0 Å². The Bertz CT molecular complexity index is 600. The number of hydrogen-bond donors (Lipinski definition) is 2. The predicted molar refractivity (Wildman–Crippen MR) is 78.8 cm³/mol. The van der Waals surface area contributed by atoms with Gasteiger partial charge in [0, 0.05) is 12.1 Å². The van der Waals surface area contributed by atoms with Gasteiger partial charge in [0.2, 0.25) is 5.91 Å². The first kappa shape index (κ1) is 15.7. The highest BCUT2D eigenvalue weighted by Gasteiger charge is 2.39. The van der Waals surface area contributed by atoms with Crippen molar-refractivity contribution in [1.82, 2.24) is 5.32 Å². The molecule has 0 radical (unpaired) electrons. The molecule has 118 valence electrons. The lowest BCUT2D eigenvalue weighted by Crippen LogP contribution is -2.49. The Morgan fingerprint density at radius 3 is 2.59 bits per heavy atom. The third kappa shape index (κ3) is 3.33. The van der Waals surface area contributed by atoms with E-state index in [9.17, 15) is 19.7 Å². The molecular formula is C14H17N3O5. The zero-order valence-corrected chi connectivity index (χ0v) is 12.1. The van der Waals surface area contributed by atoms with Gasteiger partial charge in [-0.2, -0.15) is 0 Å². The van der Waals surface area contributed by atoms with Crippen LogP contribution >= 0.6 is 0 Å². The molecule has 0 spiro atoms. The second-order valence-corrected chi connectivity index (χ2v) is 5.10. The van der Waals surface area contributed by atoms with Gasteiger partial charge < -0.3 is 15.3 Å². The third-order valence-corrected chi connectivity index (χ3v) is 3.49. The average molecular weight is 307 g/mol. The van der Waals surface area contributed by atoms with Gasteiger partial charge in [-0.1, -0.05) is 19.1 Å². The second kappa shape index (κ2) is 6.42. The molecule has 1 saturated carbocycles. The summed E-state index contributed by atoms with van der Waals surface area (Å²) in [4.78, 5) is 35.4. The van der Waals surface area contributed by atoms with Gasteiger partial charge in [0.05, 0.1) is 4.92 Å². The van der Waals surface area contributed by atoms with Gasteiger partial charge in [-0.05, 0) is 25.3 Å². The summed E-state index contributed by atoms with van der Waals surface area (Å²) < 4.78 is 0. The standard InChI is InChI=1S/C14H17N3O5/c1-2-10(15-14(19)20)13(18)16(9-7-8-9)11-5-3-4-6-12(11)17(21)22/h3-6,9-10,15H,2,7-8H2,1H3,(H,19,20). The minimum atomic E-state index is -1.29. The number of anilines is 1. The normalized spacial score (nSPS) is 15.0. The smallest absolute Gasteiger partial charge is 0.405 e. The first-order valence-corrected chi connectivity index (χ1v) is 7.01. The van der Waals surface area contributed by atoms with Crippen molar-refractivity contribution >= 4 is 23.4 Å². The van der Waals surface area contributed by atoms with Crippen molar-refractivity contribution in [1.29, 1.82) is 0 Å². The maximum atomic E-state index is 12.6. The van der Waals surface area contributed by atoms with Gasteiger partial charge in [0.1, 0.15) is 11.7 Å².